The summed E-state index contributed by atoms with van der Waals surface area (Å²) in [6.07, 6.45) is 7.53. The number of likely N-dealkylation sites (tertiary alicyclic amines) is 1. The Morgan fingerprint density at radius 1 is 1.12 bits per heavy atom. The molecule has 0 atom stereocenters. The van der Waals surface area contributed by atoms with Gasteiger partial charge >= 0.3 is 0 Å². The summed E-state index contributed by atoms with van der Waals surface area (Å²) in [5, 5.41) is 4.61. The van der Waals surface area contributed by atoms with Gasteiger partial charge in [0.15, 0.2) is 0 Å². The van der Waals surface area contributed by atoms with Gasteiger partial charge in [-0.05, 0) is 75.6 Å². The lowest BCUT2D eigenvalue weighted by molar-refractivity contribution is -0.133. The first-order valence-electron chi connectivity index (χ1n) is 10.1. The summed E-state index contributed by atoms with van der Waals surface area (Å²) in [6.45, 7) is 4.29. The van der Waals surface area contributed by atoms with E-state index in [0.29, 0.717) is 12.3 Å². The summed E-state index contributed by atoms with van der Waals surface area (Å²) < 4.78 is 1.24. The van der Waals surface area contributed by atoms with Crippen LogP contribution in [0.4, 0.5) is 0 Å². The van der Waals surface area contributed by atoms with Crippen LogP contribution in [0.2, 0.25) is 0 Å². The summed E-state index contributed by atoms with van der Waals surface area (Å²) in [5.41, 5.74) is 1.08. The van der Waals surface area contributed by atoms with Crippen molar-refractivity contribution in [2.24, 2.45) is 11.8 Å². The number of piperidine rings is 2. The lowest BCUT2D eigenvalue weighted by Gasteiger charge is -2.37. The Kier molecular flexibility index (Phi) is 5.85. The maximum atomic E-state index is 12.5. The van der Waals surface area contributed by atoms with Gasteiger partial charge in [-0.15, -0.1) is 11.3 Å². The highest BCUT2D eigenvalue weighted by Gasteiger charge is 2.28. The molecule has 2 aliphatic heterocycles. The number of thiazole rings is 1. The summed E-state index contributed by atoms with van der Waals surface area (Å²) in [4.78, 5) is 19.3. The van der Waals surface area contributed by atoms with Gasteiger partial charge in [0.2, 0.25) is 5.91 Å². The van der Waals surface area contributed by atoms with Crippen molar-refractivity contribution in [2.45, 2.75) is 44.9 Å². The number of aryl methyl sites for hydroxylation is 1. The third-order valence-corrected chi connectivity index (χ3v) is 7.16. The van der Waals surface area contributed by atoms with Crippen molar-refractivity contribution < 1.29 is 4.79 Å². The van der Waals surface area contributed by atoms with E-state index in [1.807, 2.05) is 6.07 Å². The first-order valence-corrected chi connectivity index (χ1v) is 10.9. The minimum absolute atomic E-state index is 0.342. The molecule has 1 amide bonds. The number of aromatic nitrogens is 1. The highest BCUT2D eigenvalue weighted by atomic mass is 32.1. The Morgan fingerprint density at radius 2 is 1.85 bits per heavy atom. The molecule has 4 rings (SSSR count). The molecule has 1 aromatic heterocycles. The van der Waals surface area contributed by atoms with Crippen LogP contribution in [0.25, 0.3) is 10.2 Å². The van der Waals surface area contributed by atoms with Gasteiger partial charge < -0.3 is 10.2 Å². The maximum absolute atomic E-state index is 12.5. The number of benzene rings is 1. The highest BCUT2D eigenvalue weighted by molar-refractivity contribution is 7.18. The molecule has 5 heteroatoms. The first kappa shape index (κ1) is 17.9. The molecular formula is C21H29N3OS. The van der Waals surface area contributed by atoms with E-state index in [0.717, 1.165) is 48.3 Å². The number of rotatable bonds is 5. The van der Waals surface area contributed by atoms with E-state index in [9.17, 15) is 4.79 Å². The van der Waals surface area contributed by atoms with Gasteiger partial charge in [-0.1, -0.05) is 12.1 Å². The molecule has 0 spiro atoms. The average Bonchev–Trinajstić information content (AvgIpc) is 3.11. The van der Waals surface area contributed by atoms with Gasteiger partial charge in [0.05, 0.1) is 15.2 Å². The first-order chi connectivity index (χ1) is 12.8. The number of fused-ring (bicyclic) bond motifs is 1. The van der Waals surface area contributed by atoms with Crippen LogP contribution in [-0.4, -0.2) is 42.0 Å². The molecule has 0 bridgehead atoms. The lowest BCUT2D eigenvalue weighted by atomic mass is 9.79. The van der Waals surface area contributed by atoms with E-state index in [4.69, 9.17) is 0 Å². The Hall–Kier alpha value is -1.46. The van der Waals surface area contributed by atoms with Crippen molar-refractivity contribution in [1.29, 1.82) is 0 Å². The molecule has 3 heterocycles. The molecule has 1 N–H and O–H groups in total. The van der Waals surface area contributed by atoms with E-state index in [2.05, 4.69) is 33.4 Å². The number of carbonyl (C=O) groups excluding carboxylic acids is 1. The minimum Gasteiger partial charge on any atom is -0.343 e. The third-order valence-electron chi connectivity index (χ3n) is 6.06. The summed E-state index contributed by atoms with van der Waals surface area (Å²) in [7, 11) is 0. The molecule has 2 aliphatic rings. The van der Waals surface area contributed by atoms with Crippen LogP contribution in [0.3, 0.4) is 0 Å². The maximum Gasteiger partial charge on any atom is 0.222 e. The summed E-state index contributed by atoms with van der Waals surface area (Å²) >= 11 is 1.76. The topological polar surface area (TPSA) is 45.2 Å². The lowest BCUT2D eigenvalue weighted by Crippen LogP contribution is -2.41. The summed E-state index contributed by atoms with van der Waals surface area (Å²) in [5.74, 6) is 2.06. The van der Waals surface area contributed by atoms with Crippen LogP contribution < -0.4 is 5.32 Å². The number of amides is 1. The quantitative estimate of drug-likeness (QED) is 0.868. The van der Waals surface area contributed by atoms with E-state index < -0.39 is 0 Å². The molecule has 0 radical (unpaired) electrons. The number of nitrogens with one attached hydrogen (secondary N) is 1. The van der Waals surface area contributed by atoms with Crippen molar-refractivity contribution >= 4 is 27.5 Å². The van der Waals surface area contributed by atoms with E-state index >= 15 is 0 Å². The van der Waals surface area contributed by atoms with Crippen LogP contribution in [0.1, 0.15) is 43.5 Å². The van der Waals surface area contributed by atoms with Crippen molar-refractivity contribution in [1.82, 2.24) is 15.2 Å². The zero-order valence-electron chi connectivity index (χ0n) is 15.5. The Labute approximate surface area is 160 Å². The average molecular weight is 372 g/mol. The normalized spacial score (nSPS) is 19.9. The predicted octanol–water partition coefficient (Wildman–Crippen LogP) is 3.86. The van der Waals surface area contributed by atoms with Crippen molar-refractivity contribution in [3.8, 4) is 0 Å². The van der Waals surface area contributed by atoms with Gasteiger partial charge in [-0.3, -0.25) is 4.79 Å². The zero-order valence-corrected chi connectivity index (χ0v) is 16.3. The fourth-order valence-electron chi connectivity index (χ4n) is 4.51. The summed E-state index contributed by atoms with van der Waals surface area (Å²) in [6, 6.07) is 8.27. The van der Waals surface area contributed by atoms with Crippen molar-refractivity contribution in [3.63, 3.8) is 0 Å². The van der Waals surface area contributed by atoms with Gasteiger partial charge in [0.25, 0.3) is 0 Å². The molecule has 0 aliphatic carbocycles. The minimum atomic E-state index is 0.342. The molecule has 2 aromatic rings. The SMILES string of the molecule is O=C(CCCc1nc2ccccc2s1)N1CCC(C2CCNCC2)CC1. The predicted molar refractivity (Wildman–Crippen MR) is 107 cm³/mol. The third kappa shape index (κ3) is 4.26. The monoisotopic (exact) mass is 371 g/mol. The number of nitrogens with zero attached hydrogens (tertiary/aromatic N) is 2. The van der Waals surface area contributed by atoms with Gasteiger partial charge in [0.1, 0.15) is 0 Å². The fourth-order valence-corrected chi connectivity index (χ4v) is 5.52. The van der Waals surface area contributed by atoms with Gasteiger partial charge in [-0.2, -0.15) is 0 Å². The Morgan fingerprint density at radius 3 is 2.62 bits per heavy atom. The molecule has 4 nitrogen and oxygen atoms in total. The zero-order chi connectivity index (χ0) is 17.8. The number of carbonyl (C=O) groups is 1. The molecule has 26 heavy (non-hydrogen) atoms. The second-order valence-corrected chi connectivity index (χ2v) is 8.85. The molecule has 0 saturated carbocycles. The smallest absolute Gasteiger partial charge is 0.222 e. The molecule has 0 unspecified atom stereocenters. The van der Waals surface area contributed by atoms with Gasteiger partial charge in [0, 0.05) is 19.5 Å². The number of hydrogen-bond donors (Lipinski definition) is 1. The van der Waals surface area contributed by atoms with Gasteiger partial charge in [-0.25, -0.2) is 4.98 Å². The fraction of sp³-hybridized carbons (Fsp3) is 0.619. The largest absolute Gasteiger partial charge is 0.343 e. The Balaban J connectivity index is 1.20. The van der Waals surface area contributed by atoms with Crippen LogP contribution >= 0.6 is 11.3 Å². The van der Waals surface area contributed by atoms with Crippen molar-refractivity contribution in [2.75, 3.05) is 26.2 Å². The second kappa shape index (κ2) is 8.49. The Bertz CT molecular complexity index is 697. The molecule has 2 fully saturated rings. The van der Waals surface area contributed by atoms with Crippen LogP contribution in [0, 0.1) is 11.8 Å². The standard InChI is InChI=1S/C21H29N3OS/c25-21(7-3-6-20-23-18-4-1-2-5-19(18)26-20)24-14-10-17(11-15-24)16-8-12-22-13-9-16/h1-2,4-5,16-17,22H,3,6-15H2. The molecule has 2 saturated heterocycles. The van der Waals surface area contributed by atoms with E-state index in [1.165, 1.54) is 43.5 Å². The number of para-hydroxylation sites is 1. The second-order valence-electron chi connectivity index (χ2n) is 7.73. The van der Waals surface area contributed by atoms with Crippen LogP contribution in [0.5, 0.6) is 0 Å². The molecule has 140 valence electrons. The van der Waals surface area contributed by atoms with Crippen LogP contribution in [-0.2, 0) is 11.2 Å². The van der Waals surface area contributed by atoms with Crippen molar-refractivity contribution in [3.05, 3.63) is 29.3 Å². The number of hydrogen-bond acceptors (Lipinski definition) is 4. The van der Waals surface area contributed by atoms with Crippen LogP contribution in [0.15, 0.2) is 24.3 Å². The molecule has 1 aromatic carbocycles. The van der Waals surface area contributed by atoms with E-state index in [-0.39, 0.29) is 0 Å². The molecular weight excluding hydrogens is 342 g/mol. The highest BCUT2D eigenvalue weighted by Crippen LogP contribution is 2.31. The van der Waals surface area contributed by atoms with E-state index in [1.54, 1.807) is 11.3 Å².